The molecule has 0 unspecified atom stereocenters. The zero-order valence-electron chi connectivity index (χ0n) is 17.5. The number of nitrogens with zero attached hydrogens (tertiary/aromatic N) is 5. The van der Waals surface area contributed by atoms with Gasteiger partial charge in [0.15, 0.2) is 14.9 Å². The van der Waals surface area contributed by atoms with Gasteiger partial charge in [-0.05, 0) is 25.6 Å². The highest BCUT2D eigenvalue weighted by molar-refractivity contribution is 7.91. The number of anilines is 1. The highest BCUT2D eigenvalue weighted by atomic mass is 32.2. The van der Waals surface area contributed by atoms with Crippen molar-refractivity contribution in [1.82, 2.24) is 24.8 Å². The second kappa shape index (κ2) is 8.62. The summed E-state index contributed by atoms with van der Waals surface area (Å²) in [6.45, 7) is 4.73. The molecule has 2 aromatic rings. The van der Waals surface area contributed by atoms with Crippen LogP contribution in [0.5, 0.6) is 0 Å². The number of hydrogen-bond donors (Lipinski definition) is 2. The van der Waals surface area contributed by atoms with Crippen molar-refractivity contribution in [2.75, 3.05) is 42.6 Å². The van der Waals surface area contributed by atoms with E-state index in [1.165, 1.54) is 12.4 Å². The van der Waals surface area contributed by atoms with Crippen molar-refractivity contribution in [3.63, 3.8) is 0 Å². The van der Waals surface area contributed by atoms with Crippen molar-refractivity contribution in [2.24, 2.45) is 0 Å². The summed E-state index contributed by atoms with van der Waals surface area (Å²) < 4.78 is 24.9. The van der Waals surface area contributed by atoms with E-state index in [-0.39, 0.29) is 28.5 Å². The number of nitrogens with one attached hydrogen (secondary N) is 1. The van der Waals surface area contributed by atoms with E-state index in [4.69, 9.17) is 12.2 Å². The van der Waals surface area contributed by atoms with E-state index in [1.54, 1.807) is 4.57 Å². The zero-order chi connectivity index (χ0) is 23.0. The number of aryl methyl sites for hydroxylation is 1. The molecule has 32 heavy (non-hydrogen) atoms. The van der Waals surface area contributed by atoms with E-state index >= 15 is 0 Å². The molecule has 2 saturated heterocycles. The minimum Gasteiger partial charge on any atom is -0.477 e. The number of thiocarbonyl (C=S) groups is 1. The van der Waals surface area contributed by atoms with Crippen molar-refractivity contribution < 1.29 is 18.3 Å². The van der Waals surface area contributed by atoms with Gasteiger partial charge in [-0.25, -0.2) is 18.2 Å². The maximum atomic E-state index is 12.5. The van der Waals surface area contributed by atoms with Gasteiger partial charge < -0.3 is 24.8 Å². The molecule has 13 heteroatoms. The lowest BCUT2D eigenvalue weighted by Gasteiger charge is -2.36. The SMILES string of the molecule is CCn1cc(C(=O)O)c(=O)c2cnc(N3CCN(C(=S)N[C@@H]4CCS(=O)(=O)C4)CC3)nc21. The number of fused-ring (bicyclic) bond motifs is 1. The van der Waals surface area contributed by atoms with Crippen LogP contribution in [0.25, 0.3) is 11.0 Å². The van der Waals surface area contributed by atoms with Crippen molar-refractivity contribution in [3.05, 3.63) is 28.2 Å². The Morgan fingerprint density at radius 2 is 2.03 bits per heavy atom. The first-order valence-corrected chi connectivity index (χ1v) is 12.6. The van der Waals surface area contributed by atoms with E-state index in [9.17, 15) is 23.1 Å². The standard InChI is InChI=1S/C19H24N6O5S2/c1-2-23-10-14(17(27)28)15(26)13-9-20-18(22-16(13)23)24-4-6-25(7-5-24)19(31)21-12-3-8-32(29,30)11-12/h9-10,12H,2-8,11H2,1H3,(H,21,31)(H,27,28)/t12-/m1/s1. The average Bonchev–Trinajstić information content (AvgIpc) is 3.11. The maximum Gasteiger partial charge on any atom is 0.341 e. The Morgan fingerprint density at radius 1 is 1.31 bits per heavy atom. The van der Waals surface area contributed by atoms with Gasteiger partial charge in [-0.15, -0.1) is 0 Å². The number of aromatic nitrogens is 3. The number of carboxylic acids is 1. The van der Waals surface area contributed by atoms with Gasteiger partial charge in [0.05, 0.1) is 16.9 Å². The number of carbonyl (C=O) groups is 1. The molecule has 0 aromatic carbocycles. The van der Waals surface area contributed by atoms with Crippen LogP contribution in [-0.2, 0) is 16.4 Å². The molecule has 2 aromatic heterocycles. The number of piperazine rings is 1. The Morgan fingerprint density at radius 3 is 2.62 bits per heavy atom. The Hall–Kier alpha value is -2.80. The third kappa shape index (κ3) is 4.39. The molecule has 0 aliphatic carbocycles. The maximum absolute atomic E-state index is 12.5. The van der Waals surface area contributed by atoms with Gasteiger partial charge in [0.25, 0.3) is 0 Å². The van der Waals surface area contributed by atoms with E-state index in [2.05, 4.69) is 15.3 Å². The van der Waals surface area contributed by atoms with Crippen LogP contribution in [0.2, 0.25) is 0 Å². The molecule has 0 bridgehead atoms. The Balaban J connectivity index is 1.47. The normalized spacial score (nSPS) is 20.5. The summed E-state index contributed by atoms with van der Waals surface area (Å²) in [4.78, 5) is 36.7. The Labute approximate surface area is 190 Å². The summed E-state index contributed by atoms with van der Waals surface area (Å²) in [6, 6.07) is -0.143. The number of pyridine rings is 1. The lowest BCUT2D eigenvalue weighted by molar-refractivity contribution is 0.0695. The minimum atomic E-state index is -2.97. The largest absolute Gasteiger partial charge is 0.477 e. The predicted molar refractivity (Wildman–Crippen MR) is 123 cm³/mol. The number of rotatable bonds is 4. The van der Waals surface area contributed by atoms with Crippen LogP contribution >= 0.6 is 12.2 Å². The fourth-order valence-electron chi connectivity index (χ4n) is 3.99. The summed E-state index contributed by atoms with van der Waals surface area (Å²) in [7, 11) is -2.97. The molecule has 2 aliphatic heterocycles. The number of sulfone groups is 1. The van der Waals surface area contributed by atoms with Crippen LogP contribution in [0.15, 0.2) is 17.2 Å². The molecule has 0 saturated carbocycles. The fraction of sp³-hybridized carbons (Fsp3) is 0.526. The van der Waals surface area contributed by atoms with E-state index in [1.807, 2.05) is 16.7 Å². The summed E-state index contributed by atoms with van der Waals surface area (Å²) in [5, 5.41) is 13.2. The predicted octanol–water partition coefficient (Wildman–Crippen LogP) is -0.307. The number of aromatic carboxylic acids is 1. The quantitative estimate of drug-likeness (QED) is 0.558. The minimum absolute atomic E-state index is 0.112. The monoisotopic (exact) mass is 480 g/mol. The molecule has 0 radical (unpaired) electrons. The average molecular weight is 481 g/mol. The van der Waals surface area contributed by atoms with E-state index in [0.717, 1.165) is 0 Å². The lowest BCUT2D eigenvalue weighted by Crippen LogP contribution is -2.53. The highest BCUT2D eigenvalue weighted by Crippen LogP contribution is 2.17. The van der Waals surface area contributed by atoms with Gasteiger partial charge in [-0.1, -0.05) is 0 Å². The van der Waals surface area contributed by atoms with Crippen LogP contribution in [0.4, 0.5) is 5.95 Å². The first kappa shape index (κ1) is 22.4. The number of hydrogen-bond acceptors (Lipinski definition) is 8. The topological polar surface area (TPSA) is 138 Å². The van der Waals surface area contributed by atoms with Crippen molar-refractivity contribution in [2.45, 2.75) is 25.9 Å². The zero-order valence-corrected chi connectivity index (χ0v) is 19.2. The van der Waals surface area contributed by atoms with E-state index < -0.39 is 21.2 Å². The second-order valence-corrected chi connectivity index (χ2v) is 10.5. The van der Waals surface area contributed by atoms with Crippen molar-refractivity contribution in [3.8, 4) is 0 Å². The van der Waals surface area contributed by atoms with Crippen molar-refractivity contribution in [1.29, 1.82) is 0 Å². The Kier molecular flexibility index (Phi) is 6.03. The molecule has 172 valence electrons. The van der Waals surface area contributed by atoms with Crippen LogP contribution in [0.3, 0.4) is 0 Å². The molecule has 2 aliphatic rings. The molecule has 11 nitrogen and oxygen atoms in total. The van der Waals surface area contributed by atoms with E-state index in [0.29, 0.717) is 55.9 Å². The molecule has 2 N–H and O–H groups in total. The fourth-order valence-corrected chi connectivity index (χ4v) is 6.02. The summed E-state index contributed by atoms with van der Waals surface area (Å²) in [5.74, 6) is -0.514. The lowest BCUT2D eigenvalue weighted by atomic mass is 10.2. The third-order valence-electron chi connectivity index (χ3n) is 5.78. The third-order valence-corrected chi connectivity index (χ3v) is 7.93. The van der Waals surface area contributed by atoms with Gasteiger partial charge in [0, 0.05) is 51.2 Å². The van der Waals surface area contributed by atoms with Gasteiger partial charge in [-0.2, -0.15) is 4.98 Å². The molecule has 4 heterocycles. The molecule has 0 amide bonds. The molecule has 2 fully saturated rings. The molecule has 0 spiro atoms. The van der Waals surface area contributed by atoms with Gasteiger partial charge in [0.2, 0.25) is 11.4 Å². The van der Waals surface area contributed by atoms with Gasteiger partial charge in [-0.3, -0.25) is 4.79 Å². The second-order valence-electron chi connectivity index (χ2n) is 7.89. The smallest absolute Gasteiger partial charge is 0.341 e. The first-order valence-electron chi connectivity index (χ1n) is 10.3. The molecule has 4 rings (SSSR count). The highest BCUT2D eigenvalue weighted by Gasteiger charge is 2.30. The first-order chi connectivity index (χ1) is 15.2. The van der Waals surface area contributed by atoms with Gasteiger partial charge in [0.1, 0.15) is 11.2 Å². The molecular weight excluding hydrogens is 456 g/mol. The van der Waals surface area contributed by atoms with Crippen LogP contribution in [-0.4, -0.2) is 87.8 Å². The summed E-state index contributed by atoms with van der Waals surface area (Å²) >= 11 is 5.47. The number of carboxylic acid groups (broad SMARTS) is 1. The van der Waals surface area contributed by atoms with Crippen LogP contribution < -0.4 is 15.6 Å². The van der Waals surface area contributed by atoms with Crippen molar-refractivity contribution >= 4 is 50.1 Å². The summed E-state index contributed by atoms with van der Waals surface area (Å²) in [5.41, 5.74) is -0.506. The van der Waals surface area contributed by atoms with Gasteiger partial charge >= 0.3 is 5.97 Å². The summed E-state index contributed by atoms with van der Waals surface area (Å²) in [6.07, 6.45) is 3.27. The van der Waals surface area contributed by atoms with Crippen LogP contribution in [0, 0.1) is 0 Å². The molecule has 1 atom stereocenters. The molecular formula is C19H24N6O5S2. The van der Waals surface area contributed by atoms with Crippen LogP contribution in [0.1, 0.15) is 23.7 Å². The Bertz CT molecular complexity index is 1240.